The molecular weight excluding hydrogens is 416 g/mol. The molecule has 1 aromatic heterocycles. The van der Waals surface area contributed by atoms with Gasteiger partial charge in [0, 0.05) is 44.5 Å². The van der Waals surface area contributed by atoms with E-state index in [1.165, 1.54) is 0 Å². The lowest BCUT2D eigenvalue weighted by molar-refractivity contribution is 0.0624. The molecule has 7 heteroatoms. The van der Waals surface area contributed by atoms with Gasteiger partial charge in [-0.3, -0.25) is 9.69 Å². The van der Waals surface area contributed by atoms with Crippen molar-refractivity contribution >= 4 is 5.91 Å². The number of carbonyl (C=O) groups excluding carboxylic acids is 1. The average Bonchev–Trinajstić information content (AvgIpc) is 3.29. The van der Waals surface area contributed by atoms with Gasteiger partial charge in [-0.05, 0) is 36.2 Å². The molecule has 0 N–H and O–H groups in total. The van der Waals surface area contributed by atoms with Gasteiger partial charge in [0.25, 0.3) is 5.91 Å². The summed E-state index contributed by atoms with van der Waals surface area (Å²) in [6.07, 6.45) is 1.84. The first-order valence-corrected chi connectivity index (χ1v) is 11.4. The fourth-order valence-electron chi connectivity index (χ4n) is 4.26. The molecule has 0 aliphatic carbocycles. The first-order chi connectivity index (χ1) is 16.0. The van der Waals surface area contributed by atoms with E-state index in [9.17, 15) is 4.79 Å². The van der Waals surface area contributed by atoms with E-state index < -0.39 is 0 Å². The Hall–Kier alpha value is -3.32. The van der Waals surface area contributed by atoms with Crippen LogP contribution >= 0.6 is 0 Å². The Balaban J connectivity index is 1.68. The number of para-hydroxylation sites is 1. The van der Waals surface area contributed by atoms with Gasteiger partial charge in [-0.2, -0.15) is 5.10 Å². The summed E-state index contributed by atoms with van der Waals surface area (Å²) in [7, 11) is 3.21. The fourth-order valence-corrected chi connectivity index (χ4v) is 4.26. The van der Waals surface area contributed by atoms with Gasteiger partial charge in [0.15, 0.2) is 11.5 Å². The average molecular weight is 449 g/mol. The predicted molar refractivity (Wildman–Crippen MR) is 129 cm³/mol. The molecule has 0 spiro atoms. The third-order valence-corrected chi connectivity index (χ3v) is 5.91. The van der Waals surface area contributed by atoms with Crippen molar-refractivity contribution in [1.29, 1.82) is 0 Å². The van der Waals surface area contributed by atoms with Gasteiger partial charge in [0.05, 0.1) is 25.5 Å². The smallest absolute Gasteiger partial charge is 0.257 e. The Morgan fingerprint density at radius 2 is 1.67 bits per heavy atom. The molecule has 1 fully saturated rings. The Kier molecular flexibility index (Phi) is 6.99. The molecule has 33 heavy (non-hydrogen) atoms. The summed E-state index contributed by atoms with van der Waals surface area (Å²) in [6.45, 7) is 8.73. The molecule has 0 radical (unpaired) electrons. The molecule has 2 heterocycles. The molecule has 4 rings (SSSR count). The number of nitrogens with zero attached hydrogens (tertiary/aromatic N) is 4. The molecule has 0 atom stereocenters. The summed E-state index contributed by atoms with van der Waals surface area (Å²) in [5.41, 5.74) is 2.93. The maximum atomic E-state index is 13.6. The lowest BCUT2D eigenvalue weighted by Crippen LogP contribution is -2.49. The number of aromatic nitrogens is 2. The molecular formula is C26H32N4O3. The summed E-state index contributed by atoms with van der Waals surface area (Å²) < 4.78 is 12.6. The number of hydrogen-bond acceptors (Lipinski definition) is 5. The first-order valence-electron chi connectivity index (χ1n) is 11.4. The van der Waals surface area contributed by atoms with Crippen LogP contribution in [0, 0.1) is 5.92 Å². The molecule has 174 valence electrons. The van der Waals surface area contributed by atoms with Crippen molar-refractivity contribution < 1.29 is 14.3 Å². The van der Waals surface area contributed by atoms with Crippen LogP contribution < -0.4 is 9.47 Å². The van der Waals surface area contributed by atoms with E-state index in [4.69, 9.17) is 14.6 Å². The van der Waals surface area contributed by atoms with E-state index >= 15 is 0 Å². The van der Waals surface area contributed by atoms with E-state index in [1.54, 1.807) is 18.9 Å². The standard InChI is InChI=1S/C26H32N4O3/c1-19(2)17-28-12-14-29(15-13-28)26(31)22-18-30(21-8-6-5-7-9-21)27-25(22)20-10-11-23(32-3)24(16-20)33-4/h5-11,16,18-19H,12-15,17H2,1-4H3. The van der Waals surface area contributed by atoms with E-state index in [0.717, 1.165) is 30.9 Å². The van der Waals surface area contributed by atoms with Crippen LogP contribution in [0.2, 0.25) is 0 Å². The van der Waals surface area contributed by atoms with Crippen LogP contribution in [0.5, 0.6) is 11.5 Å². The van der Waals surface area contributed by atoms with Crippen LogP contribution in [0.3, 0.4) is 0 Å². The summed E-state index contributed by atoms with van der Waals surface area (Å²) in [6, 6.07) is 15.5. The van der Waals surface area contributed by atoms with Crippen molar-refractivity contribution in [3.63, 3.8) is 0 Å². The Morgan fingerprint density at radius 3 is 2.30 bits per heavy atom. The number of rotatable bonds is 7. The van der Waals surface area contributed by atoms with Gasteiger partial charge in [-0.15, -0.1) is 0 Å². The highest BCUT2D eigenvalue weighted by atomic mass is 16.5. The van der Waals surface area contributed by atoms with Gasteiger partial charge in [0.1, 0.15) is 5.69 Å². The van der Waals surface area contributed by atoms with Crippen molar-refractivity contribution in [1.82, 2.24) is 19.6 Å². The summed E-state index contributed by atoms with van der Waals surface area (Å²) in [4.78, 5) is 18.0. The Labute approximate surface area is 195 Å². The van der Waals surface area contributed by atoms with Crippen molar-refractivity contribution in [3.05, 3.63) is 60.3 Å². The van der Waals surface area contributed by atoms with Crippen LogP contribution in [0.4, 0.5) is 0 Å². The lowest BCUT2D eigenvalue weighted by atomic mass is 10.1. The topological polar surface area (TPSA) is 59.8 Å². The van der Waals surface area contributed by atoms with Gasteiger partial charge in [0.2, 0.25) is 0 Å². The highest BCUT2D eigenvalue weighted by molar-refractivity contribution is 6.00. The number of benzene rings is 2. The maximum Gasteiger partial charge on any atom is 0.257 e. The molecule has 1 aliphatic heterocycles. The van der Waals surface area contributed by atoms with Crippen molar-refractivity contribution in [3.8, 4) is 28.4 Å². The molecule has 0 unspecified atom stereocenters. The second-order valence-corrected chi connectivity index (χ2v) is 8.73. The molecule has 0 bridgehead atoms. The lowest BCUT2D eigenvalue weighted by Gasteiger charge is -2.35. The van der Waals surface area contributed by atoms with Crippen LogP contribution in [0.25, 0.3) is 16.9 Å². The molecule has 1 aliphatic rings. The van der Waals surface area contributed by atoms with Gasteiger partial charge >= 0.3 is 0 Å². The van der Waals surface area contributed by atoms with Crippen molar-refractivity contribution in [2.45, 2.75) is 13.8 Å². The molecule has 1 amide bonds. The number of ether oxygens (including phenoxy) is 2. The van der Waals surface area contributed by atoms with Gasteiger partial charge < -0.3 is 14.4 Å². The second-order valence-electron chi connectivity index (χ2n) is 8.73. The van der Waals surface area contributed by atoms with E-state index in [2.05, 4.69) is 18.7 Å². The monoisotopic (exact) mass is 448 g/mol. The molecule has 2 aromatic carbocycles. The summed E-state index contributed by atoms with van der Waals surface area (Å²) >= 11 is 0. The fraction of sp³-hybridized carbons (Fsp3) is 0.385. The van der Waals surface area contributed by atoms with Crippen molar-refractivity contribution in [2.75, 3.05) is 46.9 Å². The molecule has 1 saturated heterocycles. The maximum absolute atomic E-state index is 13.6. The highest BCUT2D eigenvalue weighted by Crippen LogP contribution is 2.34. The first kappa shape index (κ1) is 22.9. The number of amides is 1. The number of hydrogen-bond donors (Lipinski definition) is 0. The van der Waals surface area contributed by atoms with Crippen LogP contribution in [-0.2, 0) is 0 Å². The second kappa shape index (κ2) is 10.1. The predicted octanol–water partition coefficient (Wildman–Crippen LogP) is 3.97. The summed E-state index contributed by atoms with van der Waals surface area (Å²) in [5, 5.41) is 4.81. The quantitative estimate of drug-likeness (QED) is 0.547. The zero-order valence-electron chi connectivity index (χ0n) is 19.8. The van der Waals surface area contributed by atoms with Gasteiger partial charge in [-0.25, -0.2) is 4.68 Å². The minimum atomic E-state index is 0.00571. The van der Waals surface area contributed by atoms with Crippen molar-refractivity contribution in [2.24, 2.45) is 5.92 Å². The van der Waals surface area contributed by atoms with E-state index in [1.807, 2.05) is 59.6 Å². The van der Waals surface area contributed by atoms with Gasteiger partial charge in [-0.1, -0.05) is 32.0 Å². The molecule has 3 aromatic rings. The largest absolute Gasteiger partial charge is 0.493 e. The number of carbonyl (C=O) groups is 1. The zero-order chi connectivity index (χ0) is 23.4. The van der Waals surface area contributed by atoms with Crippen LogP contribution in [0.15, 0.2) is 54.7 Å². The normalized spacial score (nSPS) is 14.5. The summed E-state index contributed by atoms with van der Waals surface area (Å²) in [5.74, 6) is 1.86. The third-order valence-electron chi connectivity index (χ3n) is 5.91. The zero-order valence-corrected chi connectivity index (χ0v) is 19.8. The molecule has 0 saturated carbocycles. The Bertz CT molecular complexity index is 1090. The minimum absolute atomic E-state index is 0.00571. The van der Waals surface area contributed by atoms with Crippen LogP contribution in [0.1, 0.15) is 24.2 Å². The van der Waals surface area contributed by atoms with Crippen LogP contribution in [-0.4, -0.2) is 72.4 Å². The molecule has 7 nitrogen and oxygen atoms in total. The number of methoxy groups -OCH3 is 2. The minimum Gasteiger partial charge on any atom is -0.493 e. The van der Waals surface area contributed by atoms with E-state index in [-0.39, 0.29) is 5.91 Å². The third kappa shape index (κ3) is 5.03. The highest BCUT2D eigenvalue weighted by Gasteiger charge is 2.27. The Morgan fingerprint density at radius 1 is 0.970 bits per heavy atom. The SMILES string of the molecule is COc1ccc(-c2nn(-c3ccccc3)cc2C(=O)N2CCN(CC(C)C)CC2)cc1OC. The number of piperazine rings is 1. The van der Waals surface area contributed by atoms with E-state index in [0.29, 0.717) is 41.8 Å².